The molecule has 0 heterocycles. The van der Waals surface area contributed by atoms with Gasteiger partial charge in [0.05, 0.1) is 24.2 Å². The zero-order valence-electron chi connectivity index (χ0n) is 23.5. The number of hydrogen-bond acceptors (Lipinski definition) is 8. The highest BCUT2D eigenvalue weighted by Gasteiger charge is 2.26. The topological polar surface area (TPSA) is 154 Å². The molecule has 0 aliphatic rings. The molecular weight excluding hydrogens is 544 g/mol. The Morgan fingerprint density at radius 2 is 1.67 bits per heavy atom. The molecule has 0 bridgehead atoms. The number of carbonyl (C=O) groups is 3. The highest BCUT2D eigenvalue weighted by atomic mass is 16.6. The molecule has 222 valence electrons. The first-order valence-corrected chi connectivity index (χ1v) is 13.6. The third-order valence-corrected chi connectivity index (χ3v) is 6.43. The zero-order valence-corrected chi connectivity index (χ0v) is 23.5. The first kappa shape index (κ1) is 31.6. The molecule has 2 N–H and O–H groups in total. The number of amides is 1. The van der Waals surface area contributed by atoms with Gasteiger partial charge in [0.1, 0.15) is 17.4 Å². The van der Waals surface area contributed by atoms with Crippen LogP contribution >= 0.6 is 0 Å². The maximum Gasteiger partial charge on any atom is 0.343 e. The van der Waals surface area contributed by atoms with E-state index in [-0.39, 0.29) is 23.5 Å². The van der Waals surface area contributed by atoms with Crippen LogP contribution in [0.5, 0.6) is 17.2 Å². The van der Waals surface area contributed by atoms with Crippen molar-refractivity contribution in [2.75, 3.05) is 13.7 Å². The second-order valence-electron chi connectivity index (χ2n) is 9.50. The van der Waals surface area contributed by atoms with Gasteiger partial charge in [0, 0.05) is 12.5 Å². The summed E-state index contributed by atoms with van der Waals surface area (Å²) in [5.41, 5.74) is 0.0701. The Morgan fingerprint density at radius 1 is 0.952 bits per heavy atom. The fraction of sp³-hybridized carbons (Fsp3) is 0.323. The standard InChI is InChI=1S/C31H34N2O9/c1-3-4-5-6-9-18-41-23-15-13-22(14-16-23)31(37)42-27-17-12-21(20-28(27)40-2)19-25(30(35)36)32-29(34)24-10-7-8-11-26(24)33(38)39/h7-8,10-17,20,25H,3-6,9,18-19H2,1-2H3,(H,32,34)(H,35,36). The summed E-state index contributed by atoms with van der Waals surface area (Å²) in [5.74, 6) is -1.89. The van der Waals surface area contributed by atoms with Gasteiger partial charge in [-0.05, 0) is 54.4 Å². The first-order valence-electron chi connectivity index (χ1n) is 13.6. The van der Waals surface area contributed by atoms with E-state index >= 15 is 0 Å². The molecule has 1 amide bonds. The molecule has 0 aromatic heterocycles. The van der Waals surface area contributed by atoms with Crippen LogP contribution in [0.25, 0.3) is 0 Å². The van der Waals surface area contributed by atoms with Crippen molar-refractivity contribution in [3.63, 3.8) is 0 Å². The first-order chi connectivity index (χ1) is 20.2. The largest absolute Gasteiger partial charge is 0.494 e. The maximum absolute atomic E-state index is 12.7. The smallest absolute Gasteiger partial charge is 0.343 e. The van der Waals surface area contributed by atoms with Crippen molar-refractivity contribution >= 4 is 23.5 Å². The van der Waals surface area contributed by atoms with Crippen molar-refractivity contribution in [3.05, 3.63) is 93.5 Å². The molecule has 11 nitrogen and oxygen atoms in total. The molecule has 1 atom stereocenters. The number of ether oxygens (including phenoxy) is 3. The van der Waals surface area contributed by atoms with Crippen LogP contribution in [0.3, 0.4) is 0 Å². The zero-order chi connectivity index (χ0) is 30.5. The molecule has 3 aromatic carbocycles. The van der Waals surface area contributed by atoms with E-state index in [2.05, 4.69) is 12.2 Å². The maximum atomic E-state index is 12.7. The summed E-state index contributed by atoms with van der Waals surface area (Å²) in [6.07, 6.45) is 5.51. The van der Waals surface area contributed by atoms with Crippen LogP contribution in [-0.4, -0.2) is 47.6 Å². The molecule has 0 fully saturated rings. The lowest BCUT2D eigenvalue weighted by Gasteiger charge is -2.16. The van der Waals surface area contributed by atoms with Gasteiger partial charge in [0.25, 0.3) is 11.6 Å². The number of nitro groups is 1. The minimum atomic E-state index is -1.40. The van der Waals surface area contributed by atoms with E-state index in [1.165, 1.54) is 62.8 Å². The van der Waals surface area contributed by atoms with E-state index in [1.54, 1.807) is 24.3 Å². The normalized spacial score (nSPS) is 11.3. The number of esters is 1. The molecule has 42 heavy (non-hydrogen) atoms. The van der Waals surface area contributed by atoms with Crippen LogP contribution in [0.2, 0.25) is 0 Å². The SMILES string of the molecule is CCCCCCCOc1ccc(C(=O)Oc2ccc(CC(NC(=O)c3ccccc3[N+](=O)[O-])C(=O)O)cc2OC)cc1. The van der Waals surface area contributed by atoms with E-state index in [0.717, 1.165) is 18.9 Å². The number of carboxylic acid groups (broad SMARTS) is 1. The molecule has 0 aliphatic carbocycles. The number of carboxylic acids is 1. The van der Waals surface area contributed by atoms with E-state index < -0.39 is 34.5 Å². The number of benzene rings is 3. The average molecular weight is 579 g/mol. The molecule has 0 saturated heterocycles. The average Bonchev–Trinajstić information content (AvgIpc) is 2.99. The number of aliphatic carboxylic acids is 1. The summed E-state index contributed by atoms with van der Waals surface area (Å²) in [7, 11) is 1.37. The lowest BCUT2D eigenvalue weighted by atomic mass is 10.0. The highest BCUT2D eigenvalue weighted by molar-refractivity contribution is 6.00. The van der Waals surface area contributed by atoms with Gasteiger partial charge in [-0.2, -0.15) is 0 Å². The summed E-state index contributed by atoms with van der Waals surface area (Å²) in [6, 6.07) is 15.0. The van der Waals surface area contributed by atoms with Gasteiger partial charge in [-0.25, -0.2) is 9.59 Å². The van der Waals surface area contributed by atoms with Crippen molar-refractivity contribution < 1.29 is 38.6 Å². The van der Waals surface area contributed by atoms with Gasteiger partial charge >= 0.3 is 11.9 Å². The van der Waals surface area contributed by atoms with Gasteiger partial charge < -0.3 is 24.6 Å². The minimum absolute atomic E-state index is 0.120. The van der Waals surface area contributed by atoms with E-state index in [1.807, 2.05) is 0 Å². The fourth-order valence-electron chi connectivity index (χ4n) is 4.16. The number of carbonyl (C=O) groups excluding carboxylic acids is 2. The van der Waals surface area contributed by atoms with E-state index in [0.29, 0.717) is 23.5 Å². The number of rotatable bonds is 16. The number of methoxy groups -OCH3 is 1. The van der Waals surface area contributed by atoms with Crippen LogP contribution in [0, 0.1) is 10.1 Å². The Kier molecular flexibility index (Phi) is 11.8. The number of unbranched alkanes of at least 4 members (excludes halogenated alkanes) is 4. The second-order valence-corrected chi connectivity index (χ2v) is 9.50. The second kappa shape index (κ2) is 15.8. The fourth-order valence-corrected chi connectivity index (χ4v) is 4.16. The molecule has 0 saturated carbocycles. The van der Waals surface area contributed by atoms with Crippen molar-refractivity contribution in [2.45, 2.75) is 51.5 Å². The summed E-state index contributed by atoms with van der Waals surface area (Å²) in [6.45, 7) is 2.77. The predicted octanol–water partition coefficient (Wildman–Crippen LogP) is 5.60. The number of nitrogens with one attached hydrogen (secondary N) is 1. The van der Waals surface area contributed by atoms with E-state index in [4.69, 9.17) is 14.2 Å². The van der Waals surface area contributed by atoms with Crippen LogP contribution in [0.1, 0.15) is 65.3 Å². The molecular formula is C31H34N2O9. The quantitative estimate of drug-likeness (QED) is 0.0727. The molecule has 3 rings (SSSR count). The summed E-state index contributed by atoms with van der Waals surface area (Å²) >= 11 is 0. The van der Waals surface area contributed by atoms with Crippen molar-refractivity contribution in [2.24, 2.45) is 0 Å². The Hall–Kier alpha value is -4.93. The number of para-hydroxylation sites is 1. The van der Waals surface area contributed by atoms with Gasteiger partial charge in [0.2, 0.25) is 0 Å². The Bertz CT molecular complexity index is 1390. The van der Waals surface area contributed by atoms with Crippen molar-refractivity contribution in [1.29, 1.82) is 0 Å². The Morgan fingerprint density at radius 3 is 2.33 bits per heavy atom. The van der Waals surface area contributed by atoms with E-state index in [9.17, 15) is 29.6 Å². The molecule has 0 aliphatic heterocycles. The predicted molar refractivity (Wildman–Crippen MR) is 154 cm³/mol. The van der Waals surface area contributed by atoms with Crippen molar-refractivity contribution in [1.82, 2.24) is 5.32 Å². The Labute approximate surface area is 243 Å². The van der Waals surface area contributed by atoms with Crippen LogP contribution in [-0.2, 0) is 11.2 Å². The van der Waals surface area contributed by atoms with Gasteiger partial charge in [0.15, 0.2) is 11.5 Å². The van der Waals surface area contributed by atoms with Gasteiger partial charge in [-0.15, -0.1) is 0 Å². The monoisotopic (exact) mass is 578 g/mol. The number of hydrogen-bond donors (Lipinski definition) is 2. The molecule has 3 aromatic rings. The minimum Gasteiger partial charge on any atom is -0.494 e. The lowest BCUT2D eigenvalue weighted by molar-refractivity contribution is -0.385. The highest BCUT2D eigenvalue weighted by Crippen LogP contribution is 2.30. The molecule has 1 unspecified atom stereocenters. The third kappa shape index (κ3) is 9.05. The molecule has 0 radical (unpaired) electrons. The Balaban J connectivity index is 1.63. The van der Waals surface area contributed by atoms with Crippen LogP contribution < -0.4 is 19.5 Å². The van der Waals surface area contributed by atoms with Crippen LogP contribution in [0.15, 0.2) is 66.7 Å². The summed E-state index contributed by atoms with van der Waals surface area (Å²) < 4.78 is 16.6. The number of nitro benzene ring substituents is 1. The summed E-state index contributed by atoms with van der Waals surface area (Å²) in [5, 5.41) is 23.3. The van der Waals surface area contributed by atoms with Crippen molar-refractivity contribution in [3.8, 4) is 17.2 Å². The number of nitrogens with zero attached hydrogens (tertiary/aromatic N) is 1. The van der Waals surface area contributed by atoms with Gasteiger partial charge in [-0.1, -0.05) is 50.8 Å². The lowest BCUT2D eigenvalue weighted by Crippen LogP contribution is -2.42. The molecule has 0 spiro atoms. The third-order valence-electron chi connectivity index (χ3n) is 6.43. The molecule has 11 heteroatoms. The van der Waals surface area contributed by atoms with Crippen LogP contribution in [0.4, 0.5) is 5.69 Å². The van der Waals surface area contributed by atoms with Gasteiger partial charge in [-0.3, -0.25) is 14.9 Å². The summed E-state index contributed by atoms with van der Waals surface area (Å²) in [4.78, 5) is 47.8.